The molecule has 1 atom stereocenters. The topological polar surface area (TPSA) is 41.1 Å². The average Bonchev–Trinajstić information content (AvgIpc) is 3.28. The molecule has 1 aliphatic carbocycles. The zero-order chi connectivity index (χ0) is 15.7. The second-order valence-electron chi connectivity index (χ2n) is 7.09. The summed E-state index contributed by atoms with van der Waals surface area (Å²) in [7, 11) is 0. The van der Waals surface area contributed by atoms with E-state index in [1.807, 2.05) is 0 Å². The van der Waals surface area contributed by atoms with Gasteiger partial charge in [-0.15, -0.1) is 12.4 Å². The molecule has 2 aliphatic rings. The van der Waals surface area contributed by atoms with Gasteiger partial charge >= 0.3 is 0 Å². The van der Waals surface area contributed by atoms with E-state index in [-0.39, 0.29) is 24.2 Å². The Hall–Kier alpha value is -1.58. The molecule has 4 heteroatoms. The molecule has 24 heavy (non-hydrogen) atoms. The zero-order valence-electron chi connectivity index (χ0n) is 13.9. The fraction of sp³-hybridized carbons (Fsp3) is 0.450. The Morgan fingerprint density at radius 1 is 1.12 bits per heavy atom. The first kappa shape index (κ1) is 17.2. The molecule has 0 bridgehead atoms. The van der Waals surface area contributed by atoms with Crippen molar-refractivity contribution in [3.05, 3.63) is 48.0 Å². The lowest BCUT2D eigenvalue weighted by Gasteiger charge is -2.23. The summed E-state index contributed by atoms with van der Waals surface area (Å²) >= 11 is 0. The summed E-state index contributed by atoms with van der Waals surface area (Å²) in [6.45, 7) is 2.88. The third-order valence-electron chi connectivity index (χ3n) is 5.63. The summed E-state index contributed by atoms with van der Waals surface area (Å²) in [4.78, 5) is 12.3. The van der Waals surface area contributed by atoms with Crippen molar-refractivity contribution in [2.45, 2.75) is 25.7 Å². The molecule has 4 rings (SSSR count). The predicted octanol–water partition coefficient (Wildman–Crippen LogP) is 3.31. The molecule has 1 saturated heterocycles. The molecule has 1 unspecified atom stereocenters. The van der Waals surface area contributed by atoms with E-state index in [1.54, 1.807) is 0 Å². The molecule has 0 radical (unpaired) electrons. The fourth-order valence-electron chi connectivity index (χ4n) is 4.04. The van der Waals surface area contributed by atoms with Crippen molar-refractivity contribution in [1.82, 2.24) is 10.6 Å². The highest BCUT2D eigenvalue weighted by Crippen LogP contribution is 2.58. The number of benzene rings is 2. The smallest absolute Gasteiger partial charge is 0.223 e. The monoisotopic (exact) mass is 344 g/mol. The Morgan fingerprint density at radius 3 is 2.67 bits per heavy atom. The molecule has 3 nitrogen and oxygen atoms in total. The summed E-state index contributed by atoms with van der Waals surface area (Å²) in [5.41, 5.74) is 1.62. The van der Waals surface area contributed by atoms with Crippen LogP contribution in [0.15, 0.2) is 42.5 Å². The molecule has 2 N–H and O–H groups in total. The second-order valence-corrected chi connectivity index (χ2v) is 7.09. The summed E-state index contributed by atoms with van der Waals surface area (Å²) in [6.07, 6.45) is 4.32. The Labute approximate surface area is 149 Å². The first-order valence-electron chi connectivity index (χ1n) is 8.73. The van der Waals surface area contributed by atoms with Crippen molar-refractivity contribution in [1.29, 1.82) is 0 Å². The van der Waals surface area contributed by atoms with E-state index in [1.165, 1.54) is 16.3 Å². The number of piperidine rings is 1. The van der Waals surface area contributed by atoms with Gasteiger partial charge in [0.15, 0.2) is 0 Å². The van der Waals surface area contributed by atoms with Crippen LogP contribution in [0.25, 0.3) is 10.8 Å². The summed E-state index contributed by atoms with van der Waals surface area (Å²) < 4.78 is 0. The molecule has 1 amide bonds. The molecular weight excluding hydrogens is 320 g/mol. The maximum atomic E-state index is 12.3. The third-order valence-corrected chi connectivity index (χ3v) is 5.63. The number of carbonyl (C=O) groups excluding carboxylic acids is 1. The highest BCUT2D eigenvalue weighted by Gasteiger charge is 2.57. The van der Waals surface area contributed by atoms with Crippen LogP contribution in [-0.4, -0.2) is 25.5 Å². The summed E-state index contributed by atoms with van der Waals surface area (Å²) in [5, 5.41) is 9.08. The number of rotatable bonds is 4. The minimum atomic E-state index is 0. The van der Waals surface area contributed by atoms with Crippen molar-refractivity contribution in [3.63, 3.8) is 0 Å². The third kappa shape index (κ3) is 3.42. The summed E-state index contributed by atoms with van der Waals surface area (Å²) in [6, 6.07) is 15.0. The van der Waals surface area contributed by atoms with Gasteiger partial charge in [0.2, 0.25) is 5.91 Å². The Morgan fingerprint density at radius 2 is 1.88 bits per heavy atom. The second kappa shape index (κ2) is 7.12. The maximum absolute atomic E-state index is 12.3. The number of halogens is 1. The largest absolute Gasteiger partial charge is 0.356 e. The Bertz CT molecular complexity index is 724. The van der Waals surface area contributed by atoms with Crippen LogP contribution in [0.3, 0.4) is 0 Å². The first-order valence-corrected chi connectivity index (χ1v) is 8.73. The van der Waals surface area contributed by atoms with Gasteiger partial charge in [-0.05, 0) is 60.5 Å². The van der Waals surface area contributed by atoms with Crippen LogP contribution in [-0.2, 0) is 11.2 Å². The minimum Gasteiger partial charge on any atom is -0.356 e. The van der Waals surface area contributed by atoms with Crippen LogP contribution >= 0.6 is 12.4 Å². The van der Waals surface area contributed by atoms with Crippen LogP contribution in [0.2, 0.25) is 0 Å². The average molecular weight is 345 g/mol. The minimum absolute atomic E-state index is 0. The van der Waals surface area contributed by atoms with Gasteiger partial charge in [-0.2, -0.15) is 0 Å². The van der Waals surface area contributed by atoms with Gasteiger partial charge in [-0.25, -0.2) is 0 Å². The first-order chi connectivity index (χ1) is 11.3. The van der Waals surface area contributed by atoms with Gasteiger partial charge in [0.1, 0.15) is 0 Å². The maximum Gasteiger partial charge on any atom is 0.223 e. The van der Waals surface area contributed by atoms with Gasteiger partial charge in [-0.1, -0.05) is 42.5 Å². The molecule has 1 aliphatic heterocycles. The van der Waals surface area contributed by atoms with Gasteiger partial charge in [0, 0.05) is 12.5 Å². The van der Waals surface area contributed by atoms with E-state index in [0.717, 1.165) is 45.3 Å². The zero-order valence-corrected chi connectivity index (χ0v) is 14.7. The number of hydrogen-bond donors (Lipinski definition) is 2. The Kier molecular flexibility index (Phi) is 5.12. The number of carbonyl (C=O) groups is 1. The highest BCUT2D eigenvalue weighted by atomic mass is 35.5. The van der Waals surface area contributed by atoms with Crippen molar-refractivity contribution in [3.8, 4) is 0 Å². The summed E-state index contributed by atoms with van der Waals surface area (Å²) in [5.74, 6) is 0.536. The van der Waals surface area contributed by atoms with Crippen molar-refractivity contribution in [2.24, 2.45) is 11.3 Å². The van der Waals surface area contributed by atoms with Crippen molar-refractivity contribution in [2.75, 3.05) is 19.6 Å². The van der Waals surface area contributed by atoms with Crippen LogP contribution in [0.5, 0.6) is 0 Å². The molecule has 0 aromatic heterocycles. The molecule has 2 aromatic carbocycles. The highest BCUT2D eigenvalue weighted by molar-refractivity contribution is 5.85. The molecule has 2 fully saturated rings. The van der Waals surface area contributed by atoms with Gasteiger partial charge in [0.25, 0.3) is 0 Å². The van der Waals surface area contributed by atoms with E-state index in [2.05, 4.69) is 53.1 Å². The van der Waals surface area contributed by atoms with Gasteiger partial charge < -0.3 is 10.6 Å². The molecule has 1 spiro atoms. The lowest BCUT2D eigenvalue weighted by molar-refractivity contribution is -0.123. The fourth-order valence-corrected chi connectivity index (χ4v) is 4.04. The van der Waals surface area contributed by atoms with Gasteiger partial charge in [0.05, 0.1) is 0 Å². The van der Waals surface area contributed by atoms with Crippen molar-refractivity contribution < 1.29 is 4.79 Å². The van der Waals surface area contributed by atoms with Crippen LogP contribution in [0.4, 0.5) is 0 Å². The predicted molar refractivity (Wildman–Crippen MR) is 101 cm³/mol. The lowest BCUT2D eigenvalue weighted by atomic mass is 9.92. The van der Waals surface area contributed by atoms with E-state index in [0.29, 0.717) is 5.41 Å². The van der Waals surface area contributed by atoms with E-state index in [4.69, 9.17) is 0 Å². The van der Waals surface area contributed by atoms with Crippen LogP contribution in [0, 0.1) is 11.3 Å². The van der Waals surface area contributed by atoms with Crippen LogP contribution < -0.4 is 10.6 Å². The van der Waals surface area contributed by atoms with E-state index in [9.17, 15) is 4.79 Å². The SMILES string of the molecule is Cl.O=C(NCCc1ccc2ccccc2c1)C1CC12CCNCC2. The quantitative estimate of drug-likeness (QED) is 0.893. The molecular formula is C20H25ClN2O. The Balaban J connectivity index is 0.00000169. The number of nitrogens with one attached hydrogen (secondary N) is 2. The number of amides is 1. The molecule has 1 heterocycles. The van der Waals surface area contributed by atoms with E-state index >= 15 is 0 Å². The van der Waals surface area contributed by atoms with Crippen molar-refractivity contribution >= 4 is 29.1 Å². The molecule has 1 saturated carbocycles. The van der Waals surface area contributed by atoms with Crippen LogP contribution in [0.1, 0.15) is 24.8 Å². The standard InChI is InChI=1S/C20H24N2O.ClH/c23-19(18-14-20(18)8-11-21-12-9-20)22-10-7-15-5-6-16-3-1-2-4-17(16)13-15;/h1-6,13,18,21H,7-12,14H2,(H,22,23);1H. The lowest BCUT2D eigenvalue weighted by Crippen LogP contribution is -2.34. The van der Waals surface area contributed by atoms with Gasteiger partial charge in [-0.3, -0.25) is 4.79 Å². The number of fused-ring (bicyclic) bond motifs is 1. The normalized spacial score (nSPS) is 21.2. The van der Waals surface area contributed by atoms with E-state index < -0.39 is 0 Å². The number of hydrogen-bond acceptors (Lipinski definition) is 2. The molecule has 2 aromatic rings. The molecule has 128 valence electrons.